The first kappa shape index (κ1) is 19.3. The van der Waals surface area contributed by atoms with E-state index >= 15 is 0 Å². The molecule has 0 heterocycles. The number of amides is 1. The lowest BCUT2D eigenvalue weighted by atomic mass is 9.98. The number of hydrogen-bond donors (Lipinski definition) is 2. The third-order valence-corrected chi connectivity index (χ3v) is 4.57. The molecule has 0 saturated heterocycles. The number of halogens is 1. The second kappa shape index (κ2) is 8.88. The molecular formula is C20H25ClN2O2. The standard InChI is InChI=1S/C20H24N2O2.ClH/c21-20(12-6-7-13-20)19(23)22-14-15-24-18-11-5-4-10-17(18)16-8-2-1-3-9-16;/h1-5,8-11H,6-7,12-15,21H2,(H,22,23);1H. The van der Waals surface area contributed by atoms with Gasteiger partial charge in [0.05, 0.1) is 12.1 Å². The number of ether oxygens (including phenoxy) is 1. The smallest absolute Gasteiger partial charge is 0.240 e. The molecule has 1 amide bonds. The van der Waals surface area contributed by atoms with Crippen LogP contribution in [0.15, 0.2) is 54.6 Å². The summed E-state index contributed by atoms with van der Waals surface area (Å²) in [5, 5.41) is 2.91. The molecule has 1 fully saturated rings. The van der Waals surface area contributed by atoms with Crippen LogP contribution in [0.25, 0.3) is 11.1 Å². The van der Waals surface area contributed by atoms with Crippen molar-refractivity contribution in [3.63, 3.8) is 0 Å². The highest BCUT2D eigenvalue weighted by atomic mass is 35.5. The molecule has 0 aliphatic heterocycles. The second-order valence-corrected chi connectivity index (χ2v) is 6.33. The van der Waals surface area contributed by atoms with Crippen molar-refractivity contribution in [3.8, 4) is 16.9 Å². The van der Waals surface area contributed by atoms with Gasteiger partial charge in [-0.1, -0.05) is 61.4 Å². The minimum atomic E-state index is -0.679. The number of nitrogens with one attached hydrogen (secondary N) is 1. The molecule has 1 saturated carbocycles. The molecule has 134 valence electrons. The van der Waals surface area contributed by atoms with E-state index in [2.05, 4.69) is 17.4 Å². The minimum Gasteiger partial charge on any atom is -0.491 e. The van der Waals surface area contributed by atoms with E-state index < -0.39 is 5.54 Å². The lowest BCUT2D eigenvalue weighted by Crippen LogP contribution is -2.52. The summed E-state index contributed by atoms with van der Waals surface area (Å²) in [5.74, 6) is 0.765. The summed E-state index contributed by atoms with van der Waals surface area (Å²) in [6, 6.07) is 18.1. The van der Waals surface area contributed by atoms with Crippen molar-refractivity contribution in [2.75, 3.05) is 13.2 Å². The van der Waals surface area contributed by atoms with E-state index in [4.69, 9.17) is 10.5 Å². The molecule has 0 spiro atoms. The second-order valence-electron chi connectivity index (χ2n) is 6.33. The predicted molar refractivity (Wildman–Crippen MR) is 103 cm³/mol. The van der Waals surface area contributed by atoms with Crippen LogP contribution in [0.2, 0.25) is 0 Å². The largest absolute Gasteiger partial charge is 0.491 e. The van der Waals surface area contributed by atoms with Crippen LogP contribution in [-0.4, -0.2) is 24.6 Å². The summed E-state index contributed by atoms with van der Waals surface area (Å²) in [6.07, 6.45) is 3.61. The average Bonchev–Trinajstić information content (AvgIpc) is 3.08. The molecule has 0 atom stereocenters. The van der Waals surface area contributed by atoms with Gasteiger partial charge >= 0.3 is 0 Å². The molecule has 5 heteroatoms. The third-order valence-electron chi connectivity index (χ3n) is 4.57. The van der Waals surface area contributed by atoms with Crippen LogP contribution in [-0.2, 0) is 4.79 Å². The maximum Gasteiger partial charge on any atom is 0.240 e. The summed E-state index contributed by atoms with van der Waals surface area (Å²) in [5.41, 5.74) is 7.63. The van der Waals surface area contributed by atoms with Crippen molar-refractivity contribution in [3.05, 3.63) is 54.6 Å². The number of hydrogen-bond acceptors (Lipinski definition) is 3. The Morgan fingerprint density at radius 2 is 1.68 bits per heavy atom. The number of benzene rings is 2. The van der Waals surface area contributed by atoms with Gasteiger partial charge in [-0.3, -0.25) is 4.79 Å². The fourth-order valence-corrected chi connectivity index (χ4v) is 3.18. The van der Waals surface area contributed by atoms with Gasteiger partial charge in [0.2, 0.25) is 5.91 Å². The number of carbonyl (C=O) groups is 1. The van der Waals surface area contributed by atoms with E-state index in [1.54, 1.807) is 0 Å². The quantitative estimate of drug-likeness (QED) is 0.774. The Morgan fingerprint density at radius 3 is 2.40 bits per heavy atom. The molecule has 0 aromatic heterocycles. The monoisotopic (exact) mass is 360 g/mol. The molecule has 25 heavy (non-hydrogen) atoms. The van der Waals surface area contributed by atoms with Gasteiger partial charge in [-0.25, -0.2) is 0 Å². The van der Waals surface area contributed by atoms with Crippen molar-refractivity contribution in [2.45, 2.75) is 31.2 Å². The lowest BCUT2D eigenvalue weighted by molar-refractivity contribution is -0.126. The Morgan fingerprint density at radius 1 is 1.04 bits per heavy atom. The molecule has 0 unspecified atom stereocenters. The molecule has 2 aromatic carbocycles. The zero-order valence-corrected chi connectivity index (χ0v) is 15.1. The Hall–Kier alpha value is -2.04. The first-order chi connectivity index (χ1) is 11.7. The Kier molecular flexibility index (Phi) is 6.85. The van der Waals surface area contributed by atoms with Crippen molar-refractivity contribution in [1.29, 1.82) is 0 Å². The highest BCUT2D eigenvalue weighted by Crippen LogP contribution is 2.29. The van der Waals surface area contributed by atoms with E-state index in [1.807, 2.05) is 42.5 Å². The van der Waals surface area contributed by atoms with Gasteiger partial charge < -0.3 is 15.8 Å². The molecule has 4 nitrogen and oxygen atoms in total. The van der Waals surface area contributed by atoms with Crippen LogP contribution in [0, 0.1) is 0 Å². The number of para-hydroxylation sites is 1. The average molecular weight is 361 g/mol. The highest BCUT2D eigenvalue weighted by Gasteiger charge is 2.36. The maximum atomic E-state index is 12.2. The molecule has 2 aromatic rings. The van der Waals surface area contributed by atoms with E-state index in [1.165, 1.54) is 0 Å². The van der Waals surface area contributed by atoms with Gasteiger partial charge in [-0.05, 0) is 24.5 Å². The zero-order valence-electron chi connectivity index (χ0n) is 14.2. The summed E-state index contributed by atoms with van der Waals surface area (Å²) >= 11 is 0. The topological polar surface area (TPSA) is 64.4 Å². The van der Waals surface area contributed by atoms with E-state index in [9.17, 15) is 4.79 Å². The van der Waals surface area contributed by atoms with Gasteiger partial charge in [0.25, 0.3) is 0 Å². The van der Waals surface area contributed by atoms with Crippen molar-refractivity contribution >= 4 is 18.3 Å². The maximum absolute atomic E-state index is 12.2. The van der Waals surface area contributed by atoms with Gasteiger partial charge in [0.1, 0.15) is 12.4 Å². The van der Waals surface area contributed by atoms with Crippen LogP contribution >= 0.6 is 12.4 Å². The molecule has 1 aliphatic carbocycles. The summed E-state index contributed by atoms with van der Waals surface area (Å²) in [7, 11) is 0. The summed E-state index contributed by atoms with van der Waals surface area (Å²) < 4.78 is 5.88. The van der Waals surface area contributed by atoms with Gasteiger partial charge in [0.15, 0.2) is 0 Å². The highest BCUT2D eigenvalue weighted by molar-refractivity contribution is 5.86. The number of nitrogens with two attached hydrogens (primary N) is 1. The Labute approximate surface area is 155 Å². The summed E-state index contributed by atoms with van der Waals surface area (Å²) in [6.45, 7) is 0.882. The molecule has 0 radical (unpaired) electrons. The minimum absolute atomic E-state index is 0. The molecule has 1 aliphatic rings. The van der Waals surface area contributed by atoms with E-state index in [0.717, 1.165) is 42.6 Å². The number of carbonyl (C=O) groups excluding carboxylic acids is 1. The summed E-state index contributed by atoms with van der Waals surface area (Å²) in [4.78, 5) is 12.2. The van der Waals surface area contributed by atoms with Crippen LogP contribution < -0.4 is 15.8 Å². The fraction of sp³-hybridized carbons (Fsp3) is 0.350. The normalized spacial score (nSPS) is 15.2. The lowest BCUT2D eigenvalue weighted by Gasteiger charge is -2.22. The van der Waals surface area contributed by atoms with Crippen LogP contribution in [0.3, 0.4) is 0 Å². The first-order valence-corrected chi connectivity index (χ1v) is 8.53. The Bertz CT molecular complexity index is 685. The van der Waals surface area contributed by atoms with Gasteiger partial charge in [-0.2, -0.15) is 0 Å². The zero-order chi connectivity index (χ0) is 16.8. The Balaban J connectivity index is 0.00000225. The van der Waals surface area contributed by atoms with E-state index in [-0.39, 0.29) is 18.3 Å². The van der Waals surface area contributed by atoms with Crippen LogP contribution in [0.1, 0.15) is 25.7 Å². The van der Waals surface area contributed by atoms with Crippen LogP contribution in [0.4, 0.5) is 0 Å². The van der Waals surface area contributed by atoms with E-state index in [0.29, 0.717) is 13.2 Å². The fourth-order valence-electron chi connectivity index (χ4n) is 3.18. The van der Waals surface area contributed by atoms with Gasteiger partial charge in [-0.15, -0.1) is 12.4 Å². The van der Waals surface area contributed by atoms with Gasteiger partial charge in [0, 0.05) is 5.56 Å². The molecule has 3 N–H and O–H groups in total. The molecular weight excluding hydrogens is 336 g/mol. The first-order valence-electron chi connectivity index (χ1n) is 8.53. The predicted octanol–water partition coefficient (Wildman–Crippen LogP) is 3.54. The van der Waals surface area contributed by atoms with Crippen molar-refractivity contribution < 1.29 is 9.53 Å². The van der Waals surface area contributed by atoms with Crippen LogP contribution in [0.5, 0.6) is 5.75 Å². The number of rotatable bonds is 6. The van der Waals surface area contributed by atoms with Crippen molar-refractivity contribution in [2.24, 2.45) is 5.73 Å². The molecule has 3 rings (SSSR count). The third kappa shape index (κ3) is 4.74. The van der Waals surface area contributed by atoms with Crippen molar-refractivity contribution in [1.82, 2.24) is 5.32 Å². The molecule has 0 bridgehead atoms. The SMILES string of the molecule is Cl.NC1(C(=O)NCCOc2ccccc2-c2ccccc2)CCCC1.